The zero-order valence-corrected chi connectivity index (χ0v) is 13.0. The summed E-state index contributed by atoms with van der Waals surface area (Å²) >= 11 is 0. The van der Waals surface area contributed by atoms with Crippen LogP contribution in [0.1, 0.15) is 35.3 Å². The Morgan fingerprint density at radius 1 is 1.05 bits per heavy atom. The van der Waals surface area contributed by atoms with Gasteiger partial charge in [-0.3, -0.25) is 0 Å². The molecule has 0 saturated carbocycles. The van der Waals surface area contributed by atoms with Gasteiger partial charge in [0.05, 0.1) is 18.2 Å². The van der Waals surface area contributed by atoms with E-state index in [1.54, 1.807) is 0 Å². The number of hydrogen-bond acceptors (Lipinski definition) is 2. The first-order valence-electron chi connectivity index (χ1n) is 7.57. The van der Waals surface area contributed by atoms with E-state index in [-0.39, 0.29) is 11.6 Å². The number of rotatable bonds is 2. The monoisotopic (exact) mass is 281 g/mol. The maximum atomic E-state index is 6.18. The highest BCUT2D eigenvalue weighted by atomic mass is 16.5. The minimum Gasteiger partial charge on any atom is -0.370 e. The minimum atomic E-state index is -0.101. The Bertz CT molecular complexity index is 592. The van der Waals surface area contributed by atoms with Gasteiger partial charge in [-0.1, -0.05) is 59.7 Å². The fourth-order valence-corrected chi connectivity index (χ4v) is 3.10. The van der Waals surface area contributed by atoms with E-state index in [1.165, 1.54) is 22.3 Å². The van der Waals surface area contributed by atoms with E-state index in [2.05, 4.69) is 74.6 Å². The van der Waals surface area contributed by atoms with Gasteiger partial charge >= 0.3 is 0 Å². The number of benzene rings is 2. The summed E-state index contributed by atoms with van der Waals surface area (Å²) in [5.41, 5.74) is 5.05. The molecule has 0 spiro atoms. The van der Waals surface area contributed by atoms with Crippen LogP contribution in [0.2, 0.25) is 0 Å². The van der Waals surface area contributed by atoms with Crippen molar-refractivity contribution in [3.63, 3.8) is 0 Å². The zero-order chi connectivity index (χ0) is 14.9. The Morgan fingerprint density at radius 3 is 2.29 bits per heavy atom. The number of aryl methyl sites for hydroxylation is 2. The van der Waals surface area contributed by atoms with Gasteiger partial charge in [0.2, 0.25) is 0 Å². The minimum absolute atomic E-state index is 0.101. The van der Waals surface area contributed by atoms with E-state index < -0.39 is 0 Å². The lowest BCUT2D eigenvalue weighted by Gasteiger charge is -2.39. The molecule has 2 aromatic carbocycles. The molecule has 2 atom stereocenters. The fraction of sp³-hybridized carbons (Fsp3) is 0.368. The molecule has 0 radical (unpaired) electrons. The van der Waals surface area contributed by atoms with Crippen molar-refractivity contribution in [2.45, 2.75) is 32.4 Å². The van der Waals surface area contributed by atoms with Crippen molar-refractivity contribution in [3.8, 4) is 0 Å². The molecule has 0 bridgehead atoms. The van der Waals surface area contributed by atoms with Crippen molar-refractivity contribution in [1.29, 1.82) is 0 Å². The predicted molar refractivity (Wildman–Crippen MR) is 86.4 cm³/mol. The molecule has 3 rings (SSSR count). The number of morpholine rings is 1. The first kappa shape index (κ1) is 14.3. The second-order valence-electron chi connectivity index (χ2n) is 6.30. The molecular formula is C19H23NO. The molecule has 0 aromatic heterocycles. The van der Waals surface area contributed by atoms with Crippen LogP contribution in [-0.2, 0) is 10.3 Å². The normalized spacial score (nSPS) is 25.8. The molecule has 2 nitrogen and oxygen atoms in total. The highest BCUT2D eigenvalue weighted by molar-refractivity contribution is 5.31. The van der Waals surface area contributed by atoms with E-state index in [1.807, 2.05) is 0 Å². The van der Waals surface area contributed by atoms with Gasteiger partial charge in [0.15, 0.2) is 0 Å². The average Bonchev–Trinajstić information content (AvgIpc) is 2.48. The van der Waals surface area contributed by atoms with Crippen LogP contribution in [0.3, 0.4) is 0 Å². The summed E-state index contributed by atoms with van der Waals surface area (Å²) in [6, 6.07) is 17.2. The van der Waals surface area contributed by atoms with Crippen molar-refractivity contribution in [2.24, 2.45) is 0 Å². The molecule has 0 aliphatic carbocycles. The van der Waals surface area contributed by atoms with Gasteiger partial charge in [-0.25, -0.2) is 0 Å². The quantitative estimate of drug-likeness (QED) is 0.902. The number of ether oxygens (including phenoxy) is 1. The molecule has 1 saturated heterocycles. The Kier molecular flexibility index (Phi) is 3.83. The predicted octanol–water partition coefficient (Wildman–Crippen LogP) is 3.88. The van der Waals surface area contributed by atoms with Crippen molar-refractivity contribution < 1.29 is 4.74 Å². The van der Waals surface area contributed by atoms with E-state index in [0.717, 1.165) is 6.54 Å². The highest BCUT2D eigenvalue weighted by Crippen LogP contribution is 2.30. The van der Waals surface area contributed by atoms with Gasteiger partial charge in [0.25, 0.3) is 0 Å². The molecule has 1 aliphatic rings. The van der Waals surface area contributed by atoms with Crippen molar-refractivity contribution in [1.82, 2.24) is 5.32 Å². The van der Waals surface area contributed by atoms with Crippen LogP contribution in [0.5, 0.6) is 0 Å². The topological polar surface area (TPSA) is 21.3 Å². The van der Waals surface area contributed by atoms with Gasteiger partial charge in [-0.05, 0) is 31.9 Å². The molecule has 1 heterocycles. The van der Waals surface area contributed by atoms with Crippen molar-refractivity contribution in [2.75, 3.05) is 13.2 Å². The second kappa shape index (κ2) is 5.63. The van der Waals surface area contributed by atoms with Crippen LogP contribution >= 0.6 is 0 Å². The summed E-state index contributed by atoms with van der Waals surface area (Å²) in [6.45, 7) is 8.02. The molecule has 2 heteroatoms. The molecule has 2 aromatic rings. The maximum Gasteiger partial charge on any atom is 0.0950 e. The molecule has 1 fully saturated rings. The summed E-state index contributed by atoms with van der Waals surface area (Å²) in [7, 11) is 0. The highest BCUT2D eigenvalue weighted by Gasteiger charge is 2.33. The standard InChI is InChI=1S/C19H23NO/c1-14-9-15(2)11-16(10-14)18-12-20-19(3,13-21-18)17-7-5-4-6-8-17/h4-11,18,20H,12-13H2,1-3H3. The second-order valence-corrected chi connectivity index (χ2v) is 6.30. The molecule has 110 valence electrons. The first-order chi connectivity index (χ1) is 10.1. The van der Waals surface area contributed by atoms with Crippen molar-refractivity contribution >= 4 is 0 Å². The third-order valence-corrected chi connectivity index (χ3v) is 4.28. The Hall–Kier alpha value is -1.64. The molecular weight excluding hydrogens is 258 g/mol. The van der Waals surface area contributed by atoms with Crippen LogP contribution in [0.4, 0.5) is 0 Å². The zero-order valence-electron chi connectivity index (χ0n) is 13.0. The van der Waals surface area contributed by atoms with Crippen LogP contribution in [-0.4, -0.2) is 13.2 Å². The molecule has 0 amide bonds. The Balaban J connectivity index is 1.76. The van der Waals surface area contributed by atoms with Gasteiger partial charge in [-0.15, -0.1) is 0 Å². The first-order valence-corrected chi connectivity index (χ1v) is 7.57. The van der Waals surface area contributed by atoms with Gasteiger partial charge in [0, 0.05) is 6.54 Å². The Labute approximate surface area is 127 Å². The summed E-state index contributed by atoms with van der Waals surface area (Å²) in [6.07, 6.45) is 0.139. The third-order valence-electron chi connectivity index (χ3n) is 4.28. The van der Waals surface area contributed by atoms with Crippen LogP contribution < -0.4 is 5.32 Å². The maximum absolute atomic E-state index is 6.18. The summed E-state index contributed by atoms with van der Waals surface area (Å²) in [5, 5.41) is 3.67. The largest absolute Gasteiger partial charge is 0.370 e. The lowest BCUT2D eigenvalue weighted by atomic mass is 9.90. The van der Waals surface area contributed by atoms with E-state index in [0.29, 0.717) is 6.61 Å². The Morgan fingerprint density at radius 2 is 1.71 bits per heavy atom. The molecule has 1 aliphatic heterocycles. The number of nitrogens with one attached hydrogen (secondary N) is 1. The summed E-state index contributed by atoms with van der Waals surface area (Å²) in [5.74, 6) is 0. The van der Waals surface area contributed by atoms with Crippen LogP contribution in [0.25, 0.3) is 0 Å². The van der Waals surface area contributed by atoms with Crippen molar-refractivity contribution in [3.05, 3.63) is 70.8 Å². The van der Waals surface area contributed by atoms with E-state index in [4.69, 9.17) is 4.74 Å². The lowest BCUT2D eigenvalue weighted by molar-refractivity contribution is -0.0308. The van der Waals surface area contributed by atoms with Gasteiger partial charge < -0.3 is 10.1 Å². The van der Waals surface area contributed by atoms with Gasteiger partial charge in [0.1, 0.15) is 0 Å². The number of hydrogen-bond donors (Lipinski definition) is 1. The smallest absolute Gasteiger partial charge is 0.0950 e. The van der Waals surface area contributed by atoms with E-state index >= 15 is 0 Å². The van der Waals surface area contributed by atoms with E-state index in [9.17, 15) is 0 Å². The molecule has 21 heavy (non-hydrogen) atoms. The van der Waals surface area contributed by atoms with Crippen LogP contribution in [0.15, 0.2) is 48.5 Å². The summed E-state index contributed by atoms with van der Waals surface area (Å²) in [4.78, 5) is 0. The molecule has 1 N–H and O–H groups in total. The third kappa shape index (κ3) is 3.02. The van der Waals surface area contributed by atoms with Crippen LogP contribution in [0, 0.1) is 13.8 Å². The lowest BCUT2D eigenvalue weighted by Crippen LogP contribution is -2.50. The summed E-state index contributed by atoms with van der Waals surface area (Å²) < 4.78 is 6.18. The average molecular weight is 281 g/mol. The fourth-order valence-electron chi connectivity index (χ4n) is 3.10. The SMILES string of the molecule is Cc1cc(C)cc(C2CNC(C)(c3ccccc3)CO2)c1. The van der Waals surface area contributed by atoms with Gasteiger partial charge in [-0.2, -0.15) is 0 Å². The molecule has 2 unspecified atom stereocenters.